The third-order valence-electron chi connectivity index (χ3n) is 3.55. The van der Waals surface area contributed by atoms with Crippen molar-refractivity contribution < 1.29 is 0 Å². The van der Waals surface area contributed by atoms with Gasteiger partial charge in [0.25, 0.3) is 5.56 Å². The predicted octanol–water partition coefficient (Wildman–Crippen LogP) is 2.80. The first kappa shape index (κ1) is 14.3. The van der Waals surface area contributed by atoms with Crippen LogP contribution < -0.4 is 10.9 Å². The number of benzene rings is 1. The van der Waals surface area contributed by atoms with Gasteiger partial charge in [-0.2, -0.15) is 5.10 Å². The monoisotopic (exact) mass is 271 g/mol. The molecule has 20 heavy (non-hydrogen) atoms. The SMILES string of the molecule is CCn1ncc(NCc2ccc(C)cc2C)c(C)c1=O. The zero-order valence-electron chi connectivity index (χ0n) is 12.5. The van der Waals surface area contributed by atoms with Crippen LogP contribution in [0.25, 0.3) is 0 Å². The van der Waals surface area contributed by atoms with Crippen LogP contribution in [-0.4, -0.2) is 9.78 Å². The lowest BCUT2D eigenvalue weighted by molar-refractivity contribution is 0.611. The van der Waals surface area contributed by atoms with Gasteiger partial charge in [-0.05, 0) is 38.8 Å². The van der Waals surface area contributed by atoms with Gasteiger partial charge in [-0.1, -0.05) is 23.8 Å². The first-order valence-corrected chi connectivity index (χ1v) is 6.89. The van der Waals surface area contributed by atoms with Gasteiger partial charge in [-0.3, -0.25) is 4.79 Å². The van der Waals surface area contributed by atoms with Gasteiger partial charge in [0, 0.05) is 18.7 Å². The van der Waals surface area contributed by atoms with Gasteiger partial charge in [0.05, 0.1) is 11.9 Å². The Hall–Kier alpha value is -2.10. The molecule has 0 saturated heterocycles. The molecule has 106 valence electrons. The molecular weight excluding hydrogens is 250 g/mol. The third-order valence-corrected chi connectivity index (χ3v) is 3.55. The molecule has 0 aliphatic carbocycles. The molecular formula is C16H21N3O. The lowest BCUT2D eigenvalue weighted by atomic mass is 10.1. The Morgan fingerprint density at radius 3 is 2.65 bits per heavy atom. The maximum Gasteiger partial charge on any atom is 0.271 e. The van der Waals surface area contributed by atoms with E-state index in [-0.39, 0.29) is 5.56 Å². The zero-order chi connectivity index (χ0) is 14.7. The highest BCUT2D eigenvalue weighted by Crippen LogP contribution is 2.14. The fourth-order valence-corrected chi connectivity index (χ4v) is 2.22. The van der Waals surface area contributed by atoms with Crippen LogP contribution in [0.15, 0.2) is 29.2 Å². The molecule has 4 heteroatoms. The maximum atomic E-state index is 12.0. The summed E-state index contributed by atoms with van der Waals surface area (Å²) in [6, 6.07) is 6.38. The summed E-state index contributed by atoms with van der Waals surface area (Å²) >= 11 is 0. The van der Waals surface area contributed by atoms with Gasteiger partial charge in [0.2, 0.25) is 0 Å². The van der Waals surface area contributed by atoms with E-state index in [1.54, 1.807) is 6.20 Å². The van der Waals surface area contributed by atoms with Gasteiger partial charge in [0.15, 0.2) is 0 Å². The minimum absolute atomic E-state index is 0.0295. The quantitative estimate of drug-likeness (QED) is 0.930. The molecule has 4 nitrogen and oxygen atoms in total. The van der Waals surface area contributed by atoms with E-state index in [9.17, 15) is 4.79 Å². The van der Waals surface area contributed by atoms with E-state index in [0.29, 0.717) is 18.7 Å². The first-order valence-electron chi connectivity index (χ1n) is 6.89. The molecule has 0 aliphatic rings. The number of hydrogen-bond donors (Lipinski definition) is 1. The Morgan fingerprint density at radius 1 is 1.25 bits per heavy atom. The van der Waals surface area contributed by atoms with Gasteiger partial charge in [-0.15, -0.1) is 0 Å². The highest BCUT2D eigenvalue weighted by molar-refractivity contribution is 5.48. The summed E-state index contributed by atoms with van der Waals surface area (Å²) < 4.78 is 1.47. The number of hydrogen-bond acceptors (Lipinski definition) is 3. The van der Waals surface area contributed by atoms with Crippen molar-refractivity contribution in [3.63, 3.8) is 0 Å². The average molecular weight is 271 g/mol. The van der Waals surface area contributed by atoms with Crippen LogP contribution in [0.3, 0.4) is 0 Å². The van der Waals surface area contributed by atoms with Crippen molar-refractivity contribution in [3.05, 3.63) is 57.0 Å². The van der Waals surface area contributed by atoms with Gasteiger partial charge < -0.3 is 5.32 Å². The molecule has 0 amide bonds. The van der Waals surface area contributed by atoms with Crippen molar-refractivity contribution >= 4 is 5.69 Å². The van der Waals surface area contributed by atoms with Crippen LogP contribution >= 0.6 is 0 Å². The van der Waals surface area contributed by atoms with Gasteiger partial charge >= 0.3 is 0 Å². The summed E-state index contributed by atoms with van der Waals surface area (Å²) in [7, 11) is 0. The van der Waals surface area contributed by atoms with Crippen molar-refractivity contribution in [2.24, 2.45) is 0 Å². The topological polar surface area (TPSA) is 46.9 Å². The van der Waals surface area contributed by atoms with E-state index in [1.165, 1.54) is 21.4 Å². The molecule has 0 unspecified atom stereocenters. The van der Waals surface area contributed by atoms with Crippen LogP contribution in [0.5, 0.6) is 0 Å². The molecule has 2 aromatic rings. The van der Waals surface area contributed by atoms with E-state index in [2.05, 4.69) is 42.5 Å². The average Bonchev–Trinajstić information content (AvgIpc) is 2.42. The van der Waals surface area contributed by atoms with E-state index < -0.39 is 0 Å². The number of nitrogens with zero attached hydrogens (tertiary/aromatic N) is 2. The van der Waals surface area contributed by atoms with Crippen molar-refractivity contribution in [1.82, 2.24) is 9.78 Å². The summed E-state index contributed by atoms with van der Waals surface area (Å²) in [6.07, 6.45) is 1.73. The Labute approximate surface area is 119 Å². The number of aromatic nitrogens is 2. The number of rotatable bonds is 4. The van der Waals surface area contributed by atoms with Gasteiger partial charge in [0.1, 0.15) is 0 Å². The lowest BCUT2D eigenvalue weighted by Crippen LogP contribution is -2.25. The molecule has 1 heterocycles. The van der Waals surface area contributed by atoms with Crippen LogP contribution in [-0.2, 0) is 13.1 Å². The molecule has 0 aliphatic heterocycles. The van der Waals surface area contributed by atoms with Crippen molar-refractivity contribution in [2.45, 2.75) is 40.8 Å². The molecule has 2 rings (SSSR count). The van der Waals surface area contributed by atoms with E-state index >= 15 is 0 Å². The predicted molar refractivity (Wildman–Crippen MR) is 82.2 cm³/mol. The number of aryl methyl sites for hydroxylation is 3. The van der Waals surface area contributed by atoms with E-state index in [4.69, 9.17) is 0 Å². The molecule has 0 spiro atoms. The minimum Gasteiger partial charge on any atom is -0.379 e. The Bertz CT molecular complexity index is 674. The standard InChI is InChI=1S/C16H21N3O/c1-5-19-16(20)13(4)15(10-18-19)17-9-14-7-6-11(2)8-12(14)3/h6-8,10,17H,5,9H2,1-4H3. The second-order valence-electron chi connectivity index (χ2n) is 5.09. The normalized spacial score (nSPS) is 10.6. The third kappa shape index (κ3) is 2.90. The summed E-state index contributed by atoms with van der Waals surface area (Å²) in [5.74, 6) is 0. The van der Waals surface area contributed by atoms with Crippen LogP contribution in [0.4, 0.5) is 5.69 Å². The van der Waals surface area contributed by atoms with Crippen molar-refractivity contribution in [1.29, 1.82) is 0 Å². The Balaban J connectivity index is 2.19. The van der Waals surface area contributed by atoms with Crippen molar-refractivity contribution in [2.75, 3.05) is 5.32 Å². The summed E-state index contributed by atoms with van der Waals surface area (Å²) in [6.45, 7) is 9.23. The second-order valence-corrected chi connectivity index (χ2v) is 5.09. The van der Waals surface area contributed by atoms with Gasteiger partial charge in [-0.25, -0.2) is 4.68 Å². The highest BCUT2D eigenvalue weighted by Gasteiger charge is 2.06. The maximum absolute atomic E-state index is 12.0. The smallest absolute Gasteiger partial charge is 0.271 e. The molecule has 0 atom stereocenters. The first-order chi connectivity index (χ1) is 9.52. The number of anilines is 1. The molecule has 1 N–H and O–H groups in total. The number of nitrogens with one attached hydrogen (secondary N) is 1. The Kier molecular flexibility index (Phi) is 4.23. The zero-order valence-corrected chi connectivity index (χ0v) is 12.5. The molecule has 1 aromatic carbocycles. The summed E-state index contributed by atoms with van der Waals surface area (Å²) in [5, 5.41) is 7.45. The lowest BCUT2D eigenvalue weighted by Gasteiger charge is -2.12. The second kappa shape index (κ2) is 5.90. The van der Waals surface area contributed by atoms with Crippen LogP contribution in [0, 0.1) is 20.8 Å². The molecule has 0 saturated carbocycles. The fourth-order valence-electron chi connectivity index (χ4n) is 2.22. The Morgan fingerprint density at radius 2 is 2.00 bits per heavy atom. The molecule has 0 radical (unpaired) electrons. The molecule has 0 bridgehead atoms. The minimum atomic E-state index is -0.0295. The molecule has 1 aromatic heterocycles. The van der Waals surface area contributed by atoms with Crippen LogP contribution in [0.2, 0.25) is 0 Å². The fraction of sp³-hybridized carbons (Fsp3) is 0.375. The van der Waals surface area contributed by atoms with E-state index in [1.807, 2.05) is 13.8 Å². The highest BCUT2D eigenvalue weighted by atomic mass is 16.1. The largest absolute Gasteiger partial charge is 0.379 e. The van der Waals surface area contributed by atoms with E-state index in [0.717, 1.165) is 5.69 Å². The summed E-state index contributed by atoms with van der Waals surface area (Å²) in [5.41, 5.74) is 5.23. The molecule has 0 fully saturated rings. The summed E-state index contributed by atoms with van der Waals surface area (Å²) in [4.78, 5) is 12.0. The van der Waals surface area contributed by atoms with Crippen molar-refractivity contribution in [3.8, 4) is 0 Å². The van der Waals surface area contributed by atoms with Crippen LogP contribution in [0.1, 0.15) is 29.2 Å².